The molecule has 0 spiro atoms. The molecule has 9 heteroatoms. The molecule has 0 bridgehead atoms. The van der Waals surface area contributed by atoms with Crippen LogP contribution in [0.2, 0.25) is 22.5 Å². The molecule has 34 heavy (non-hydrogen) atoms. The molecule has 0 fully saturated rings. The molecule has 0 saturated heterocycles. The van der Waals surface area contributed by atoms with Gasteiger partial charge in [-0.1, -0.05) is 44.5 Å². The van der Waals surface area contributed by atoms with Gasteiger partial charge in [0.05, 0.1) is 29.4 Å². The number of hydrogen-bond donors (Lipinski definition) is 1. The number of ether oxygens (including phenoxy) is 1. The van der Waals surface area contributed by atoms with E-state index in [9.17, 15) is 4.79 Å². The predicted octanol–water partition coefficient (Wildman–Crippen LogP) is 6.78. The zero-order valence-corrected chi connectivity index (χ0v) is 23.2. The lowest BCUT2D eigenvalue weighted by molar-refractivity contribution is 0.0994. The Kier molecular flexibility index (Phi) is 8.29. The molecule has 2 aromatic heterocycles. The van der Waals surface area contributed by atoms with E-state index in [4.69, 9.17) is 26.5 Å². The van der Waals surface area contributed by atoms with E-state index in [2.05, 4.69) is 45.8 Å². The van der Waals surface area contributed by atoms with Crippen LogP contribution in [0.1, 0.15) is 50.6 Å². The number of benzene rings is 1. The third-order valence-corrected chi connectivity index (χ3v) is 12.3. The monoisotopic (exact) mass is 519 g/mol. The number of nitrogens with two attached hydrogens (primary N) is 1. The Labute approximate surface area is 212 Å². The first-order valence-corrected chi connectivity index (χ1v) is 15.5. The van der Waals surface area contributed by atoms with E-state index in [0.717, 1.165) is 20.5 Å². The highest BCUT2D eigenvalue weighted by Gasteiger charge is 2.40. The van der Waals surface area contributed by atoms with Gasteiger partial charge in [0, 0.05) is 17.5 Å². The molecule has 3 rings (SSSR count). The maximum absolute atomic E-state index is 11.6. The highest BCUT2D eigenvalue weighted by Crippen LogP contribution is 2.39. The summed E-state index contributed by atoms with van der Waals surface area (Å²) in [5, 5.41) is 0.0841. The summed E-state index contributed by atoms with van der Waals surface area (Å²) in [7, 11) is -2.00. The van der Waals surface area contributed by atoms with Crippen LogP contribution < -0.4 is 10.5 Å². The van der Waals surface area contributed by atoms with Gasteiger partial charge in [-0.3, -0.25) is 4.79 Å². The van der Waals surface area contributed by atoms with Gasteiger partial charge in [-0.2, -0.15) is 0 Å². The summed E-state index contributed by atoms with van der Waals surface area (Å²) >= 11 is 7.63. The molecule has 0 radical (unpaired) electrons. The fourth-order valence-corrected chi connectivity index (χ4v) is 5.98. The smallest absolute Gasteiger partial charge is 0.268 e. The minimum Gasteiger partial charge on any atom is -0.493 e. The van der Waals surface area contributed by atoms with Crippen molar-refractivity contribution < 1.29 is 14.0 Å². The molecule has 0 saturated carbocycles. The number of hydrogen-bond acceptors (Lipinski definition) is 5. The largest absolute Gasteiger partial charge is 0.493 e. The van der Waals surface area contributed by atoms with Gasteiger partial charge in [0.15, 0.2) is 8.32 Å². The van der Waals surface area contributed by atoms with Crippen LogP contribution in [0.5, 0.6) is 5.75 Å². The zero-order chi connectivity index (χ0) is 25.1. The van der Waals surface area contributed by atoms with E-state index in [1.165, 1.54) is 0 Å². The van der Waals surface area contributed by atoms with Gasteiger partial charge >= 0.3 is 0 Å². The predicted molar refractivity (Wildman–Crippen MR) is 142 cm³/mol. The van der Waals surface area contributed by atoms with Crippen molar-refractivity contribution >= 4 is 37.2 Å². The minimum absolute atomic E-state index is 0.0611. The minimum atomic E-state index is -2.00. The standard InChI is InChI=1S/C25H34ClN3O3SSi/c1-17(32-34(5,6)25(2,3)4)21(29-15-20(24(27)30)28-16-29)12-13-31-19-9-7-8-18(14-19)22-10-11-23(26)33-22/h7-11,14-17,21H,12-13H2,1-6H3,(H2,27,30). The van der Waals surface area contributed by atoms with E-state index >= 15 is 0 Å². The number of imidazole rings is 1. The normalized spacial score (nSPS) is 14.1. The molecule has 0 aliphatic rings. The zero-order valence-electron chi connectivity index (χ0n) is 20.7. The van der Waals surface area contributed by atoms with Crippen molar-refractivity contribution in [1.29, 1.82) is 0 Å². The Morgan fingerprint density at radius 2 is 2.00 bits per heavy atom. The SMILES string of the molecule is CC(O[Si](C)(C)C(C)(C)C)C(CCOc1cccc(-c2ccc(Cl)s2)c1)n1cnc(C(N)=O)c1. The first-order chi connectivity index (χ1) is 15.9. The van der Waals surface area contributed by atoms with E-state index in [0.29, 0.717) is 13.0 Å². The van der Waals surface area contributed by atoms with Crippen molar-refractivity contribution in [2.75, 3.05) is 6.61 Å². The Balaban J connectivity index is 1.74. The number of amides is 1. The summed E-state index contributed by atoms with van der Waals surface area (Å²) in [4.78, 5) is 16.9. The topological polar surface area (TPSA) is 79.4 Å². The molecule has 184 valence electrons. The number of carbonyl (C=O) groups excluding carboxylic acids is 1. The second kappa shape index (κ2) is 10.6. The van der Waals surface area contributed by atoms with E-state index in [1.807, 2.05) is 41.0 Å². The second-order valence-electron chi connectivity index (χ2n) is 9.99. The first-order valence-electron chi connectivity index (χ1n) is 11.4. The van der Waals surface area contributed by atoms with Crippen molar-refractivity contribution in [1.82, 2.24) is 9.55 Å². The number of carbonyl (C=O) groups is 1. The second-order valence-corrected chi connectivity index (χ2v) is 16.5. The van der Waals surface area contributed by atoms with Crippen LogP contribution in [0.15, 0.2) is 48.9 Å². The third-order valence-electron chi connectivity index (χ3n) is 6.44. The molecule has 2 atom stereocenters. The fourth-order valence-electron chi connectivity index (χ4n) is 3.50. The Morgan fingerprint density at radius 3 is 2.59 bits per heavy atom. The molecular weight excluding hydrogens is 486 g/mol. The van der Waals surface area contributed by atoms with Crippen molar-refractivity contribution in [3.05, 3.63) is 59.0 Å². The van der Waals surface area contributed by atoms with Gasteiger partial charge in [-0.05, 0) is 54.9 Å². The summed E-state index contributed by atoms with van der Waals surface area (Å²) in [5.74, 6) is 0.249. The summed E-state index contributed by atoms with van der Waals surface area (Å²) in [5.41, 5.74) is 6.74. The van der Waals surface area contributed by atoms with Crippen LogP contribution in [0.4, 0.5) is 0 Å². The first kappa shape index (κ1) is 26.5. The molecule has 2 N–H and O–H groups in total. The van der Waals surface area contributed by atoms with Crippen molar-refractivity contribution in [2.24, 2.45) is 5.73 Å². The van der Waals surface area contributed by atoms with Crippen molar-refractivity contribution in [3.63, 3.8) is 0 Å². The molecule has 1 amide bonds. The molecule has 2 unspecified atom stereocenters. The third kappa shape index (κ3) is 6.50. The number of rotatable bonds is 10. The Morgan fingerprint density at radius 1 is 1.26 bits per heavy atom. The molecule has 3 aromatic rings. The molecular formula is C25H34ClN3O3SSi. The van der Waals surface area contributed by atoms with Crippen LogP contribution >= 0.6 is 22.9 Å². The summed E-state index contributed by atoms with van der Waals surface area (Å²) in [6, 6.07) is 11.8. The average Bonchev–Trinajstić information content (AvgIpc) is 3.40. The van der Waals surface area contributed by atoms with Crippen LogP contribution in [-0.2, 0) is 4.43 Å². The van der Waals surface area contributed by atoms with Gasteiger partial charge in [-0.15, -0.1) is 11.3 Å². The van der Waals surface area contributed by atoms with Gasteiger partial charge in [0.25, 0.3) is 5.91 Å². The highest BCUT2D eigenvalue weighted by molar-refractivity contribution is 7.19. The maximum atomic E-state index is 11.6. The van der Waals surface area contributed by atoms with Gasteiger partial charge in [0.2, 0.25) is 0 Å². The molecule has 2 heterocycles. The van der Waals surface area contributed by atoms with Crippen LogP contribution in [0.25, 0.3) is 10.4 Å². The number of primary amides is 1. The summed E-state index contributed by atoms with van der Waals surface area (Å²) < 4.78 is 15.5. The lowest BCUT2D eigenvalue weighted by atomic mass is 10.1. The lowest BCUT2D eigenvalue weighted by Crippen LogP contribution is -2.45. The number of nitrogens with zero attached hydrogens (tertiary/aromatic N) is 2. The number of thiophene rings is 1. The lowest BCUT2D eigenvalue weighted by Gasteiger charge is -2.40. The number of aromatic nitrogens is 2. The van der Waals surface area contributed by atoms with Crippen LogP contribution in [-0.4, -0.2) is 36.5 Å². The maximum Gasteiger partial charge on any atom is 0.268 e. The molecule has 1 aromatic carbocycles. The van der Waals surface area contributed by atoms with Crippen molar-refractivity contribution in [2.45, 2.75) is 64.4 Å². The van der Waals surface area contributed by atoms with Gasteiger partial charge < -0.3 is 19.5 Å². The van der Waals surface area contributed by atoms with E-state index in [1.54, 1.807) is 23.9 Å². The number of halogens is 1. The fraction of sp³-hybridized carbons (Fsp3) is 0.440. The summed E-state index contributed by atoms with van der Waals surface area (Å²) in [6.07, 6.45) is 3.93. The summed E-state index contributed by atoms with van der Waals surface area (Å²) in [6.45, 7) is 13.7. The quantitative estimate of drug-likeness (QED) is 0.299. The molecule has 0 aliphatic heterocycles. The molecule has 6 nitrogen and oxygen atoms in total. The Hall–Kier alpha value is -2.13. The van der Waals surface area contributed by atoms with E-state index < -0.39 is 14.2 Å². The van der Waals surface area contributed by atoms with Gasteiger partial charge in [0.1, 0.15) is 11.4 Å². The Bertz CT molecular complexity index is 1120. The van der Waals surface area contributed by atoms with Crippen LogP contribution in [0, 0.1) is 0 Å². The van der Waals surface area contributed by atoms with Crippen molar-refractivity contribution in [3.8, 4) is 16.2 Å². The molecule has 0 aliphatic carbocycles. The van der Waals surface area contributed by atoms with Gasteiger partial charge in [-0.25, -0.2) is 4.98 Å². The van der Waals surface area contributed by atoms with E-state index in [-0.39, 0.29) is 22.9 Å². The average molecular weight is 520 g/mol. The highest BCUT2D eigenvalue weighted by atomic mass is 35.5. The van der Waals surface area contributed by atoms with Crippen LogP contribution in [0.3, 0.4) is 0 Å².